The fourth-order valence-corrected chi connectivity index (χ4v) is 3.66. The van der Waals surface area contributed by atoms with Gasteiger partial charge in [-0.05, 0) is 44.3 Å². The summed E-state index contributed by atoms with van der Waals surface area (Å²) in [4.78, 5) is 4.64. The normalized spacial score (nSPS) is 15.0. The number of halogens is 1. The molecule has 0 amide bonds. The lowest BCUT2D eigenvalue weighted by Crippen LogP contribution is -2.49. The second-order valence-corrected chi connectivity index (χ2v) is 7.46. The second kappa shape index (κ2) is 8.91. The molecule has 0 unspecified atom stereocenters. The van der Waals surface area contributed by atoms with Crippen molar-refractivity contribution in [3.05, 3.63) is 40.7 Å². The van der Waals surface area contributed by atoms with Crippen LogP contribution in [-0.2, 0) is 13.1 Å². The monoisotopic (exact) mass is 407 g/mol. The van der Waals surface area contributed by atoms with Crippen molar-refractivity contribution in [1.29, 1.82) is 0 Å². The highest BCUT2D eigenvalue weighted by atomic mass is 35.5. The zero-order chi connectivity index (χ0) is 19.4. The van der Waals surface area contributed by atoms with E-state index < -0.39 is 0 Å². The summed E-state index contributed by atoms with van der Waals surface area (Å²) in [6, 6.07) is 5.47. The maximum atomic E-state index is 6.10. The van der Waals surface area contributed by atoms with E-state index in [1.54, 1.807) is 13.2 Å². The molecule has 1 saturated heterocycles. The number of anilines is 1. The van der Waals surface area contributed by atoms with E-state index >= 15 is 0 Å². The van der Waals surface area contributed by atoms with Crippen molar-refractivity contribution in [2.45, 2.75) is 26.9 Å². The van der Waals surface area contributed by atoms with Crippen LogP contribution in [0, 0.1) is 6.92 Å². The van der Waals surface area contributed by atoms with Crippen LogP contribution < -0.4 is 10.1 Å². The molecule has 0 bridgehead atoms. The zero-order valence-electron chi connectivity index (χ0n) is 16.0. The van der Waals surface area contributed by atoms with E-state index in [1.165, 1.54) is 5.56 Å². The van der Waals surface area contributed by atoms with Crippen LogP contribution in [0.2, 0.25) is 5.02 Å². The number of hydrogen-bond acceptors (Lipinski definition) is 4. The van der Waals surface area contributed by atoms with Gasteiger partial charge in [0.05, 0.1) is 18.5 Å². The molecule has 0 radical (unpaired) electrons. The first-order chi connectivity index (χ1) is 13.0. The van der Waals surface area contributed by atoms with Crippen LogP contribution in [0.3, 0.4) is 0 Å². The molecule has 6 nitrogen and oxygen atoms in total. The van der Waals surface area contributed by atoms with Crippen molar-refractivity contribution < 1.29 is 4.74 Å². The van der Waals surface area contributed by atoms with Gasteiger partial charge in [0.1, 0.15) is 5.75 Å². The van der Waals surface area contributed by atoms with Gasteiger partial charge >= 0.3 is 0 Å². The largest absolute Gasteiger partial charge is 0.495 e. The maximum Gasteiger partial charge on any atom is 0.173 e. The second-order valence-electron chi connectivity index (χ2n) is 6.63. The lowest BCUT2D eigenvalue weighted by molar-refractivity contribution is 0.176. The Morgan fingerprint density at radius 2 is 2.04 bits per heavy atom. The number of nitrogens with zero attached hydrogens (tertiary/aromatic N) is 4. The minimum Gasteiger partial charge on any atom is -0.495 e. The van der Waals surface area contributed by atoms with Crippen molar-refractivity contribution in [3.8, 4) is 5.75 Å². The SMILES string of the molecule is CCn1cc(CN2CCN(C(=S)Nc3cc(Cl)ccc3OC)CC2)c(C)n1. The third-order valence-electron chi connectivity index (χ3n) is 4.83. The van der Waals surface area contributed by atoms with E-state index in [1.807, 2.05) is 16.8 Å². The summed E-state index contributed by atoms with van der Waals surface area (Å²) >= 11 is 11.7. The molecule has 2 heterocycles. The third kappa shape index (κ3) is 4.91. The topological polar surface area (TPSA) is 45.6 Å². The lowest BCUT2D eigenvalue weighted by atomic mass is 10.2. The number of aromatic nitrogens is 2. The summed E-state index contributed by atoms with van der Waals surface area (Å²) in [5, 5.41) is 9.15. The molecule has 1 N–H and O–H groups in total. The number of ether oxygens (including phenoxy) is 1. The number of piperazine rings is 1. The zero-order valence-corrected chi connectivity index (χ0v) is 17.6. The number of hydrogen-bond donors (Lipinski definition) is 1. The van der Waals surface area contributed by atoms with E-state index in [-0.39, 0.29) is 0 Å². The number of methoxy groups -OCH3 is 1. The Kier molecular flexibility index (Phi) is 6.57. The molecule has 3 rings (SSSR count). The summed E-state index contributed by atoms with van der Waals surface area (Å²) < 4.78 is 7.38. The van der Waals surface area contributed by atoms with Gasteiger partial charge in [-0.25, -0.2) is 0 Å². The average Bonchev–Trinajstić information content (AvgIpc) is 3.02. The number of thiocarbonyl (C=S) groups is 1. The van der Waals surface area contributed by atoms with E-state index in [2.05, 4.69) is 40.3 Å². The van der Waals surface area contributed by atoms with Crippen LogP contribution in [0.5, 0.6) is 5.75 Å². The summed E-state index contributed by atoms with van der Waals surface area (Å²) in [7, 11) is 1.64. The van der Waals surface area contributed by atoms with Gasteiger partial charge < -0.3 is 15.0 Å². The quantitative estimate of drug-likeness (QED) is 0.766. The number of benzene rings is 1. The highest BCUT2D eigenvalue weighted by Crippen LogP contribution is 2.28. The van der Waals surface area contributed by atoms with Gasteiger partial charge in [-0.2, -0.15) is 5.10 Å². The first-order valence-corrected chi connectivity index (χ1v) is 9.93. The van der Waals surface area contributed by atoms with Crippen LogP contribution in [0.1, 0.15) is 18.2 Å². The smallest absolute Gasteiger partial charge is 0.173 e. The fourth-order valence-electron chi connectivity index (χ4n) is 3.20. The predicted octanol–water partition coefficient (Wildman–Crippen LogP) is 3.39. The van der Waals surface area contributed by atoms with E-state index in [0.717, 1.165) is 56.4 Å². The minimum absolute atomic E-state index is 0.647. The maximum absolute atomic E-state index is 6.10. The predicted molar refractivity (Wildman–Crippen MR) is 114 cm³/mol. The molecular formula is C19H26ClN5OS. The minimum atomic E-state index is 0.647. The first-order valence-electron chi connectivity index (χ1n) is 9.15. The van der Waals surface area contributed by atoms with Gasteiger partial charge in [-0.1, -0.05) is 11.6 Å². The summed E-state index contributed by atoms with van der Waals surface area (Å²) in [6.45, 7) is 9.72. The molecule has 1 aliphatic heterocycles. The van der Waals surface area contributed by atoms with Gasteiger partial charge in [0.2, 0.25) is 0 Å². The van der Waals surface area contributed by atoms with Crippen molar-refractivity contribution in [2.75, 3.05) is 38.6 Å². The Bertz CT molecular complexity index is 801. The Morgan fingerprint density at radius 1 is 1.30 bits per heavy atom. The number of nitrogens with one attached hydrogen (secondary N) is 1. The molecule has 0 spiro atoms. The van der Waals surface area contributed by atoms with Gasteiger partial charge in [-0.3, -0.25) is 9.58 Å². The Morgan fingerprint density at radius 3 is 2.67 bits per heavy atom. The van der Waals surface area contributed by atoms with E-state index in [0.29, 0.717) is 10.1 Å². The third-order valence-corrected chi connectivity index (χ3v) is 5.42. The standard InChI is InChI=1S/C19H26ClN5OS/c1-4-25-13-15(14(2)22-25)12-23-7-9-24(10-8-23)19(27)21-17-11-16(20)5-6-18(17)26-3/h5-6,11,13H,4,7-10,12H2,1-3H3,(H,21,27). The van der Waals surface area contributed by atoms with Crippen LogP contribution >= 0.6 is 23.8 Å². The van der Waals surface area contributed by atoms with Gasteiger partial charge in [0.25, 0.3) is 0 Å². The molecule has 146 valence electrons. The highest BCUT2D eigenvalue weighted by Gasteiger charge is 2.21. The average molecular weight is 408 g/mol. The molecule has 1 fully saturated rings. The summed E-state index contributed by atoms with van der Waals surface area (Å²) in [6.07, 6.45) is 2.15. The van der Waals surface area contributed by atoms with Crippen LogP contribution in [-0.4, -0.2) is 58.0 Å². The first kappa shape index (κ1) is 19.9. The molecule has 1 aromatic carbocycles. The van der Waals surface area contributed by atoms with Crippen LogP contribution in [0.25, 0.3) is 0 Å². The highest BCUT2D eigenvalue weighted by molar-refractivity contribution is 7.80. The molecule has 8 heteroatoms. The van der Waals surface area contributed by atoms with E-state index in [4.69, 9.17) is 28.6 Å². The number of rotatable bonds is 5. The van der Waals surface area contributed by atoms with Crippen molar-refractivity contribution in [2.24, 2.45) is 0 Å². The summed E-state index contributed by atoms with van der Waals surface area (Å²) in [5.41, 5.74) is 3.21. The van der Waals surface area contributed by atoms with E-state index in [9.17, 15) is 0 Å². The number of aryl methyl sites for hydroxylation is 2. The Hall–Kier alpha value is -1.83. The Labute approximate surface area is 171 Å². The molecule has 0 atom stereocenters. The van der Waals surface area contributed by atoms with Gasteiger partial charge in [-0.15, -0.1) is 0 Å². The lowest BCUT2D eigenvalue weighted by Gasteiger charge is -2.36. The molecular weight excluding hydrogens is 382 g/mol. The molecule has 1 aromatic heterocycles. The molecule has 2 aromatic rings. The Balaban J connectivity index is 1.55. The molecule has 0 saturated carbocycles. The molecule has 27 heavy (non-hydrogen) atoms. The van der Waals surface area contributed by atoms with Crippen molar-refractivity contribution in [3.63, 3.8) is 0 Å². The summed E-state index contributed by atoms with van der Waals surface area (Å²) in [5.74, 6) is 0.726. The van der Waals surface area contributed by atoms with Gasteiger partial charge in [0.15, 0.2) is 5.11 Å². The molecule has 0 aliphatic carbocycles. The fraction of sp³-hybridized carbons (Fsp3) is 0.474. The van der Waals surface area contributed by atoms with Crippen molar-refractivity contribution in [1.82, 2.24) is 19.6 Å². The van der Waals surface area contributed by atoms with Gasteiger partial charge in [0, 0.05) is 56.1 Å². The van der Waals surface area contributed by atoms with Crippen molar-refractivity contribution >= 4 is 34.6 Å². The van der Waals surface area contributed by atoms with Crippen LogP contribution in [0.15, 0.2) is 24.4 Å². The molecule has 1 aliphatic rings. The van der Waals surface area contributed by atoms with Crippen LogP contribution in [0.4, 0.5) is 5.69 Å².